The summed E-state index contributed by atoms with van der Waals surface area (Å²) < 4.78 is 4.40. The van der Waals surface area contributed by atoms with E-state index >= 15 is 0 Å². The highest BCUT2D eigenvalue weighted by atomic mass is 15.0. The summed E-state index contributed by atoms with van der Waals surface area (Å²) in [5, 5.41) is 25.5. The maximum Gasteiger partial charge on any atom is 0.102 e. The molecule has 178 valence electrons. The van der Waals surface area contributed by atoms with Crippen LogP contribution in [0, 0.1) is 36.5 Å². The minimum absolute atomic E-state index is 0.523. The van der Waals surface area contributed by atoms with E-state index in [4.69, 9.17) is 0 Å². The minimum Gasteiger partial charge on any atom is -0.308 e. The molecular weight excluding hydrogens is 464 g/mol. The van der Waals surface area contributed by atoms with E-state index in [1.54, 1.807) is 0 Å². The molecule has 0 aliphatic heterocycles. The SMILES string of the molecule is Cc1c(C#N)c(-n2c3ccccc3c3ccccc32)c(C)c(-n2c3ccccc3c3ccccc32)c1C#N. The average molecular weight is 487 g/mol. The molecule has 7 rings (SSSR count). The van der Waals surface area contributed by atoms with Crippen molar-refractivity contribution in [2.24, 2.45) is 0 Å². The van der Waals surface area contributed by atoms with Crippen molar-refractivity contribution in [1.29, 1.82) is 10.5 Å². The number of nitrogens with zero attached hydrogens (tertiary/aromatic N) is 4. The summed E-state index contributed by atoms with van der Waals surface area (Å²) in [5.41, 5.74) is 8.39. The van der Waals surface area contributed by atoms with Crippen LogP contribution < -0.4 is 0 Å². The van der Waals surface area contributed by atoms with Crippen LogP contribution in [0.5, 0.6) is 0 Å². The quantitative estimate of drug-likeness (QED) is 0.247. The van der Waals surface area contributed by atoms with Gasteiger partial charge in [0.05, 0.1) is 44.6 Å². The van der Waals surface area contributed by atoms with E-state index in [1.165, 1.54) is 0 Å². The molecule has 38 heavy (non-hydrogen) atoms. The van der Waals surface area contributed by atoms with E-state index in [0.29, 0.717) is 16.7 Å². The van der Waals surface area contributed by atoms with Crippen molar-refractivity contribution < 1.29 is 0 Å². The fourth-order valence-corrected chi connectivity index (χ4v) is 6.13. The molecule has 0 amide bonds. The number of hydrogen-bond acceptors (Lipinski definition) is 2. The van der Waals surface area contributed by atoms with Gasteiger partial charge >= 0.3 is 0 Å². The summed E-state index contributed by atoms with van der Waals surface area (Å²) in [6.07, 6.45) is 0. The molecule has 4 heteroatoms. The predicted molar refractivity (Wildman–Crippen MR) is 154 cm³/mol. The lowest BCUT2D eigenvalue weighted by Crippen LogP contribution is -2.11. The standard InChI is InChI=1S/C34H22N4/c1-21-27(19-35)33(37-29-15-7-3-11-23(29)24-12-4-8-16-30(24)37)22(2)34(28(21)20-36)38-31-17-9-5-13-25(31)26-14-6-10-18-32(26)38/h3-18H,1-2H3. The van der Waals surface area contributed by atoms with E-state index in [0.717, 1.165) is 60.5 Å². The van der Waals surface area contributed by atoms with Gasteiger partial charge in [0.25, 0.3) is 0 Å². The summed E-state index contributed by atoms with van der Waals surface area (Å²) in [4.78, 5) is 0. The summed E-state index contributed by atoms with van der Waals surface area (Å²) in [6, 6.07) is 38.1. The van der Waals surface area contributed by atoms with Gasteiger partial charge in [-0.2, -0.15) is 10.5 Å². The number of nitriles is 2. The summed E-state index contributed by atoms with van der Waals surface area (Å²) in [5.74, 6) is 0. The van der Waals surface area contributed by atoms with E-state index in [-0.39, 0.29) is 0 Å². The van der Waals surface area contributed by atoms with Gasteiger partial charge in [-0.25, -0.2) is 0 Å². The van der Waals surface area contributed by atoms with Crippen molar-refractivity contribution in [3.05, 3.63) is 119 Å². The molecule has 0 spiro atoms. The number of rotatable bonds is 2. The molecule has 0 fully saturated rings. The molecule has 0 saturated carbocycles. The molecule has 5 aromatic carbocycles. The van der Waals surface area contributed by atoms with Crippen molar-refractivity contribution in [2.75, 3.05) is 0 Å². The molecule has 0 saturated heterocycles. The van der Waals surface area contributed by atoms with Crippen LogP contribution in [0.25, 0.3) is 55.0 Å². The van der Waals surface area contributed by atoms with Gasteiger partial charge in [-0.1, -0.05) is 72.8 Å². The van der Waals surface area contributed by atoms with Crippen LogP contribution in [0.2, 0.25) is 0 Å². The molecule has 7 aromatic rings. The van der Waals surface area contributed by atoms with Crippen molar-refractivity contribution in [2.45, 2.75) is 13.8 Å². The molecular formula is C34H22N4. The van der Waals surface area contributed by atoms with Crippen LogP contribution in [0.4, 0.5) is 0 Å². The van der Waals surface area contributed by atoms with E-state index in [1.807, 2.05) is 62.4 Å². The first-order chi connectivity index (χ1) is 18.7. The van der Waals surface area contributed by atoms with E-state index in [9.17, 15) is 10.5 Å². The van der Waals surface area contributed by atoms with Gasteiger partial charge in [0.1, 0.15) is 12.1 Å². The Kier molecular flexibility index (Phi) is 4.67. The zero-order chi connectivity index (χ0) is 26.0. The second-order valence-corrected chi connectivity index (χ2v) is 9.66. The van der Waals surface area contributed by atoms with Crippen molar-refractivity contribution in [3.63, 3.8) is 0 Å². The average Bonchev–Trinajstić information content (AvgIpc) is 3.47. The maximum absolute atomic E-state index is 10.5. The fraction of sp³-hybridized carbons (Fsp3) is 0.0588. The lowest BCUT2D eigenvalue weighted by Gasteiger charge is -2.22. The predicted octanol–water partition coefficient (Wildman–Crippen LogP) is 8.24. The van der Waals surface area contributed by atoms with Gasteiger partial charge in [0, 0.05) is 21.5 Å². The first kappa shape index (κ1) is 21.9. The highest BCUT2D eigenvalue weighted by Gasteiger charge is 2.26. The topological polar surface area (TPSA) is 57.4 Å². The second kappa shape index (κ2) is 8.10. The Hall–Kier alpha value is -5.32. The van der Waals surface area contributed by atoms with Gasteiger partial charge in [0.2, 0.25) is 0 Å². The zero-order valence-electron chi connectivity index (χ0n) is 21.0. The molecule has 0 radical (unpaired) electrons. The molecule has 0 bridgehead atoms. The van der Waals surface area contributed by atoms with Gasteiger partial charge in [-0.15, -0.1) is 0 Å². The third kappa shape index (κ3) is 2.78. The third-order valence-electron chi connectivity index (χ3n) is 7.76. The van der Waals surface area contributed by atoms with Crippen LogP contribution in [0.1, 0.15) is 22.3 Å². The van der Waals surface area contributed by atoms with Crippen LogP contribution in [0.3, 0.4) is 0 Å². The molecule has 0 aliphatic carbocycles. The fourth-order valence-electron chi connectivity index (χ4n) is 6.13. The minimum atomic E-state index is 0.523. The molecule has 0 aliphatic rings. The lowest BCUT2D eigenvalue weighted by molar-refractivity contribution is 1.07. The highest BCUT2D eigenvalue weighted by Crippen LogP contribution is 2.41. The Bertz CT molecular complexity index is 1920. The molecule has 0 unspecified atom stereocenters. The first-order valence-corrected chi connectivity index (χ1v) is 12.6. The Morgan fingerprint density at radius 3 is 1.03 bits per heavy atom. The van der Waals surface area contributed by atoms with Crippen LogP contribution >= 0.6 is 0 Å². The molecule has 2 aromatic heterocycles. The Balaban J connectivity index is 1.73. The summed E-state index contributed by atoms with van der Waals surface area (Å²) in [7, 11) is 0. The van der Waals surface area contributed by atoms with Gasteiger partial charge in [-0.05, 0) is 49.2 Å². The normalized spacial score (nSPS) is 11.4. The van der Waals surface area contributed by atoms with Gasteiger partial charge in [0.15, 0.2) is 0 Å². The number of benzene rings is 5. The molecule has 2 heterocycles. The maximum atomic E-state index is 10.5. The number of fused-ring (bicyclic) bond motifs is 6. The Labute approximate surface area is 219 Å². The lowest BCUT2D eigenvalue weighted by atomic mass is 9.94. The molecule has 0 N–H and O–H groups in total. The molecule has 4 nitrogen and oxygen atoms in total. The van der Waals surface area contributed by atoms with Gasteiger partial charge < -0.3 is 9.13 Å². The highest BCUT2D eigenvalue weighted by molar-refractivity contribution is 6.11. The zero-order valence-corrected chi connectivity index (χ0v) is 21.0. The second-order valence-electron chi connectivity index (χ2n) is 9.66. The van der Waals surface area contributed by atoms with Crippen molar-refractivity contribution in [1.82, 2.24) is 9.13 Å². The Morgan fingerprint density at radius 2 is 0.737 bits per heavy atom. The third-order valence-corrected chi connectivity index (χ3v) is 7.76. The molecule has 0 atom stereocenters. The number of aromatic nitrogens is 2. The van der Waals surface area contributed by atoms with Crippen LogP contribution in [-0.4, -0.2) is 9.13 Å². The van der Waals surface area contributed by atoms with Crippen molar-refractivity contribution in [3.8, 4) is 23.5 Å². The monoisotopic (exact) mass is 486 g/mol. The summed E-state index contributed by atoms with van der Waals surface area (Å²) in [6.45, 7) is 3.93. The Morgan fingerprint density at radius 1 is 0.447 bits per heavy atom. The van der Waals surface area contributed by atoms with Crippen LogP contribution in [0.15, 0.2) is 97.1 Å². The smallest absolute Gasteiger partial charge is 0.102 e. The summed E-state index contributed by atoms with van der Waals surface area (Å²) >= 11 is 0. The van der Waals surface area contributed by atoms with Crippen LogP contribution in [-0.2, 0) is 0 Å². The van der Waals surface area contributed by atoms with Gasteiger partial charge in [-0.3, -0.25) is 0 Å². The number of para-hydroxylation sites is 4. The largest absolute Gasteiger partial charge is 0.308 e. The van der Waals surface area contributed by atoms with E-state index < -0.39 is 0 Å². The first-order valence-electron chi connectivity index (χ1n) is 12.6. The van der Waals surface area contributed by atoms with E-state index in [2.05, 4.69) is 69.8 Å². The van der Waals surface area contributed by atoms with Crippen molar-refractivity contribution >= 4 is 43.6 Å². The number of hydrogen-bond donors (Lipinski definition) is 0.